The minimum Gasteiger partial charge on any atom is -0.336 e. The van der Waals surface area contributed by atoms with E-state index in [-0.39, 0.29) is 4.90 Å². The molecule has 148 valence electrons. The summed E-state index contributed by atoms with van der Waals surface area (Å²) in [7, 11) is -2.21. The van der Waals surface area contributed by atoms with Gasteiger partial charge in [0.2, 0.25) is 10.0 Å². The van der Waals surface area contributed by atoms with Gasteiger partial charge in [-0.05, 0) is 48.4 Å². The molecule has 8 heteroatoms. The van der Waals surface area contributed by atoms with E-state index in [4.69, 9.17) is 0 Å². The van der Waals surface area contributed by atoms with Gasteiger partial charge in [-0.2, -0.15) is 4.72 Å². The van der Waals surface area contributed by atoms with Crippen molar-refractivity contribution in [3.05, 3.63) is 89.9 Å². The standard InChI is InChI=1S/C21H19FN4O2S/c1-14-8-9-18(17-7-4-10-23-19(14)17)29(27,28)25-20(21-24-11-12-26(21)2)15-5-3-6-16(22)13-15/h3-13,20,25H,1-2H3. The number of rotatable bonds is 5. The maximum Gasteiger partial charge on any atom is 0.242 e. The zero-order chi connectivity index (χ0) is 20.6. The highest BCUT2D eigenvalue weighted by atomic mass is 32.2. The molecule has 2 aromatic heterocycles. The summed E-state index contributed by atoms with van der Waals surface area (Å²) in [5, 5.41) is 0.526. The topological polar surface area (TPSA) is 76.9 Å². The lowest BCUT2D eigenvalue weighted by Gasteiger charge is -2.20. The van der Waals surface area contributed by atoms with Crippen LogP contribution in [0.25, 0.3) is 10.9 Å². The Morgan fingerprint density at radius 3 is 2.62 bits per heavy atom. The maximum absolute atomic E-state index is 13.9. The number of aryl methyl sites for hydroxylation is 2. The zero-order valence-corrected chi connectivity index (χ0v) is 16.7. The first kappa shape index (κ1) is 19.2. The molecule has 0 bridgehead atoms. The van der Waals surface area contributed by atoms with Crippen LogP contribution in [0.5, 0.6) is 0 Å². The highest BCUT2D eigenvalue weighted by molar-refractivity contribution is 7.89. The number of hydrogen-bond acceptors (Lipinski definition) is 4. The number of nitrogens with zero attached hydrogens (tertiary/aromatic N) is 3. The molecule has 4 rings (SSSR count). The van der Waals surface area contributed by atoms with Gasteiger partial charge >= 0.3 is 0 Å². The minimum absolute atomic E-state index is 0.113. The molecule has 0 saturated carbocycles. The number of imidazole rings is 1. The quantitative estimate of drug-likeness (QED) is 0.546. The molecule has 0 aliphatic heterocycles. The SMILES string of the molecule is Cc1ccc(S(=O)(=O)NC(c2cccc(F)c2)c2nccn2C)c2cccnc12. The second kappa shape index (κ2) is 7.38. The van der Waals surface area contributed by atoms with Crippen molar-refractivity contribution in [2.75, 3.05) is 0 Å². The number of hydrogen-bond donors (Lipinski definition) is 1. The lowest BCUT2D eigenvalue weighted by atomic mass is 10.1. The predicted molar refractivity (Wildman–Crippen MR) is 108 cm³/mol. The Morgan fingerprint density at radius 1 is 1.07 bits per heavy atom. The van der Waals surface area contributed by atoms with E-state index in [0.29, 0.717) is 22.3 Å². The van der Waals surface area contributed by atoms with Crippen LogP contribution >= 0.6 is 0 Å². The van der Waals surface area contributed by atoms with Crippen molar-refractivity contribution in [2.45, 2.75) is 17.9 Å². The fourth-order valence-corrected chi connectivity index (χ4v) is 4.73. The van der Waals surface area contributed by atoms with Gasteiger partial charge in [-0.25, -0.2) is 17.8 Å². The third-order valence-corrected chi connectivity index (χ3v) is 6.27. The van der Waals surface area contributed by atoms with E-state index in [0.717, 1.165) is 5.56 Å². The second-order valence-electron chi connectivity index (χ2n) is 6.79. The van der Waals surface area contributed by atoms with Crippen molar-refractivity contribution in [3.8, 4) is 0 Å². The van der Waals surface area contributed by atoms with Crippen LogP contribution in [-0.4, -0.2) is 23.0 Å². The van der Waals surface area contributed by atoms with Crippen LogP contribution < -0.4 is 4.72 Å². The smallest absolute Gasteiger partial charge is 0.242 e. The summed E-state index contributed by atoms with van der Waals surface area (Å²) < 4.78 is 45.0. The van der Waals surface area contributed by atoms with E-state index in [2.05, 4.69) is 14.7 Å². The number of benzene rings is 2. The molecule has 0 fully saturated rings. The molecule has 0 aliphatic carbocycles. The average molecular weight is 410 g/mol. The van der Waals surface area contributed by atoms with Crippen LogP contribution in [0.1, 0.15) is 23.0 Å². The van der Waals surface area contributed by atoms with Gasteiger partial charge in [-0.3, -0.25) is 4.98 Å². The van der Waals surface area contributed by atoms with E-state index in [1.165, 1.54) is 12.1 Å². The highest BCUT2D eigenvalue weighted by Gasteiger charge is 2.27. The van der Waals surface area contributed by atoms with Crippen LogP contribution in [0, 0.1) is 12.7 Å². The van der Waals surface area contributed by atoms with Gasteiger partial charge in [0.05, 0.1) is 10.4 Å². The van der Waals surface area contributed by atoms with Gasteiger partial charge in [-0.1, -0.05) is 18.2 Å². The number of nitrogens with one attached hydrogen (secondary N) is 1. The first-order valence-corrected chi connectivity index (χ1v) is 10.4. The molecule has 0 radical (unpaired) electrons. The van der Waals surface area contributed by atoms with Crippen molar-refractivity contribution >= 4 is 20.9 Å². The summed E-state index contributed by atoms with van der Waals surface area (Å²) in [6, 6.07) is 11.7. The number of fused-ring (bicyclic) bond motifs is 1. The van der Waals surface area contributed by atoms with E-state index in [1.54, 1.807) is 66.6 Å². The Labute approximate surface area is 168 Å². The summed E-state index contributed by atoms with van der Waals surface area (Å²) in [5.74, 6) is -0.000361. The molecule has 6 nitrogen and oxygen atoms in total. The Bertz CT molecular complexity index is 1300. The first-order chi connectivity index (χ1) is 13.9. The summed E-state index contributed by atoms with van der Waals surface area (Å²) >= 11 is 0. The molecule has 0 saturated heterocycles. The fraction of sp³-hybridized carbons (Fsp3) is 0.143. The van der Waals surface area contributed by atoms with Gasteiger partial charge in [0, 0.05) is 31.0 Å². The summed E-state index contributed by atoms with van der Waals surface area (Å²) in [6.07, 6.45) is 4.91. The molecule has 1 N–H and O–H groups in total. The molecule has 2 aromatic carbocycles. The average Bonchev–Trinajstić information content (AvgIpc) is 3.12. The lowest BCUT2D eigenvalue weighted by molar-refractivity contribution is 0.561. The Kier molecular flexibility index (Phi) is 4.89. The monoisotopic (exact) mass is 410 g/mol. The van der Waals surface area contributed by atoms with Crippen molar-refractivity contribution in [1.82, 2.24) is 19.3 Å². The fourth-order valence-electron chi connectivity index (χ4n) is 3.35. The molecule has 0 amide bonds. The molecule has 0 aliphatic rings. The van der Waals surface area contributed by atoms with E-state index in [9.17, 15) is 12.8 Å². The van der Waals surface area contributed by atoms with Crippen LogP contribution in [0.3, 0.4) is 0 Å². The van der Waals surface area contributed by atoms with Crippen LogP contribution in [0.2, 0.25) is 0 Å². The molecule has 4 aromatic rings. The number of pyridine rings is 1. The number of sulfonamides is 1. The lowest BCUT2D eigenvalue weighted by Crippen LogP contribution is -2.31. The summed E-state index contributed by atoms with van der Waals surface area (Å²) in [6.45, 7) is 1.88. The number of aromatic nitrogens is 3. The third kappa shape index (κ3) is 3.64. The summed E-state index contributed by atoms with van der Waals surface area (Å²) in [4.78, 5) is 8.70. The Morgan fingerprint density at radius 2 is 1.90 bits per heavy atom. The normalized spacial score (nSPS) is 12.9. The van der Waals surface area contributed by atoms with E-state index >= 15 is 0 Å². The molecule has 0 spiro atoms. The van der Waals surface area contributed by atoms with Gasteiger partial charge in [-0.15, -0.1) is 0 Å². The molecule has 2 heterocycles. The molecule has 29 heavy (non-hydrogen) atoms. The van der Waals surface area contributed by atoms with Gasteiger partial charge < -0.3 is 4.57 Å². The Hall–Kier alpha value is -3.10. The van der Waals surface area contributed by atoms with Crippen LogP contribution in [0.15, 0.2) is 72.0 Å². The molecule has 1 atom stereocenters. The van der Waals surface area contributed by atoms with Crippen molar-refractivity contribution in [2.24, 2.45) is 7.05 Å². The van der Waals surface area contributed by atoms with E-state index in [1.807, 2.05) is 6.92 Å². The van der Waals surface area contributed by atoms with Crippen molar-refractivity contribution in [1.29, 1.82) is 0 Å². The van der Waals surface area contributed by atoms with Crippen LogP contribution in [0.4, 0.5) is 4.39 Å². The second-order valence-corrected chi connectivity index (χ2v) is 8.47. The highest BCUT2D eigenvalue weighted by Crippen LogP contribution is 2.28. The van der Waals surface area contributed by atoms with E-state index < -0.39 is 21.9 Å². The van der Waals surface area contributed by atoms with Crippen LogP contribution in [-0.2, 0) is 17.1 Å². The number of halogens is 1. The van der Waals surface area contributed by atoms with Gasteiger partial charge in [0.15, 0.2) is 0 Å². The minimum atomic E-state index is -3.97. The molecular formula is C21H19FN4O2S. The molecule has 1 unspecified atom stereocenters. The first-order valence-electron chi connectivity index (χ1n) is 8.96. The zero-order valence-electron chi connectivity index (χ0n) is 15.9. The van der Waals surface area contributed by atoms with Gasteiger partial charge in [0.25, 0.3) is 0 Å². The Balaban J connectivity index is 1.84. The van der Waals surface area contributed by atoms with Crippen molar-refractivity contribution < 1.29 is 12.8 Å². The molecular weight excluding hydrogens is 391 g/mol. The largest absolute Gasteiger partial charge is 0.336 e. The van der Waals surface area contributed by atoms with Gasteiger partial charge in [0.1, 0.15) is 17.7 Å². The van der Waals surface area contributed by atoms with Crippen molar-refractivity contribution in [3.63, 3.8) is 0 Å². The predicted octanol–water partition coefficient (Wildman–Crippen LogP) is 3.48. The third-order valence-electron chi connectivity index (χ3n) is 4.79. The maximum atomic E-state index is 13.9. The summed E-state index contributed by atoms with van der Waals surface area (Å²) in [5.41, 5.74) is 1.96.